The van der Waals surface area contributed by atoms with Gasteiger partial charge in [-0.2, -0.15) is 0 Å². The molecule has 2 aromatic rings. The maximum atomic E-state index is 13.1. The third-order valence-electron chi connectivity index (χ3n) is 5.93. The zero-order valence-electron chi connectivity index (χ0n) is 16.5. The number of aromatic nitrogens is 1. The molecular weight excluding hydrogens is 374 g/mol. The molecule has 1 fully saturated rings. The Morgan fingerprint density at radius 3 is 2.79 bits per heavy atom. The van der Waals surface area contributed by atoms with Crippen molar-refractivity contribution in [2.24, 2.45) is 11.8 Å². The minimum atomic E-state index is -0.153. The highest BCUT2D eigenvalue weighted by molar-refractivity contribution is 7.21. The molecule has 1 amide bonds. The molecule has 0 saturated carbocycles. The number of carbonyl (C=O) groups excluding carboxylic acids is 2. The van der Waals surface area contributed by atoms with Crippen molar-refractivity contribution in [3.05, 3.63) is 22.2 Å². The van der Waals surface area contributed by atoms with Crippen molar-refractivity contribution in [1.82, 2.24) is 9.88 Å². The summed E-state index contributed by atoms with van der Waals surface area (Å²) in [6.07, 6.45) is 4.46. The van der Waals surface area contributed by atoms with Crippen molar-refractivity contribution >= 4 is 39.1 Å². The lowest BCUT2D eigenvalue weighted by atomic mass is 9.87. The van der Waals surface area contributed by atoms with Crippen LogP contribution in [0.5, 0.6) is 0 Å². The number of likely N-dealkylation sites (tertiary alicyclic amines) is 1. The quantitative estimate of drug-likeness (QED) is 0.797. The minimum Gasteiger partial charge on any atom is -0.466 e. The number of amides is 1. The molecule has 2 aliphatic rings. The molecule has 4 rings (SSSR count). The highest BCUT2D eigenvalue weighted by Crippen LogP contribution is 2.37. The molecule has 0 aromatic carbocycles. The van der Waals surface area contributed by atoms with Crippen LogP contribution in [0, 0.1) is 11.8 Å². The number of fused-ring (bicyclic) bond motifs is 2. The van der Waals surface area contributed by atoms with Gasteiger partial charge in [-0.25, -0.2) is 4.98 Å². The molecule has 1 atom stereocenters. The van der Waals surface area contributed by atoms with E-state index in [1.807, 2.05) is 6.92 Å². The van der Waals surface area contributed by atoms with E-state index in [2.05, 4.69) is 13.0 Å². The average Bonchev–Trinajstić information content (AvgIpc) is 3.02. The van der Waals surface area contributed by atoms with Gasteiger partial charge < -0.3 is 15.4 Å². The third kappa shape index (κ3) is 3.48. The number of thiophene rings is 1. The van der Waals surface area contributed by atoms with E-state index >= 15 is 0 Å². The standard InChI is InChI=1S/C21H27N3O3S/c1-3-27-21(26)13-6-8-24(9-7-13)20(25)18-17(22)15-11-14-10-12(2)4-5-16(14)23-19(15)28-18/h11-13H,3-10,22H2,1-2H3. The lowest BCUT2D eigenvalue weighted by Crippen LogP contribution is -2.40. The molecule has 3 heterocycles. The van der Waals surface area contributed by atoms with E-state index < -0.39 is 0 Å². The Morgan fingerprint density at radius 2 is 2.07 bits per heavy atom. The van der Waals surface area contributed by atoms with Crippen LogP contribution in [0.4, 0.5) is 5.69 Å². The predicted molar refractivity (Wildman–Crippen MR) is 110 cm³/mol. The fourth-order valence-corrected chi connectivity index (χ4v) is 5.32. The van der Waals surface area contributed by atoms with Gasteiger partial charge in [0, 0.05) is 24.2 Å². The molecule has 1 aliphatic carbocycles. The van der Waals surface area contributed by atoms with Crippen molar-refractivity contribution in [2.45, 2.75) is 46.0 Å². The predicted octanol–water partition coefficient (Wildman–Crippen LogP) is 3.42. The average molecular weight is 402 g/mol. The second-order valence-electron chi connectivity index (χ2n) is 7.96. The van der Waals surface area contributed by atoms with Gasteiger partial charge in [0.1, 0.15) is 9.71 Å². The maximum absolute atomic E-state index is 13.1. The van der Waals surface area contributed by atoms with E-state index in [1.54, 1.807) is 4.90 Å². The number of carbonyl (C=O) groups is 2. The van der Waals surface area contributed by atoms with Crippen LogP contribution in [-0.2, 0) is 22.4 Å². The number of esters is 1. The van der Waals surface area contributed by atoms with Gasteiger partial charge in [-0.1, -0.05) is 6.92 Å². The largest absolute Gasteiger partial charge is 0.466 e. The summed E-state index contributed by atoms with van der Waals surface area (Å²) in [7, 11) is 0. The first-order valence-electron chi connectivity index (χ1n) is 10.1. The SMILES string of the molecule is CCOC(=O)C1CCN(C(=O)c2sc3nc4c(cc3c2N)CC(C)CC4)CC1. The van der Waals surface area contributed by atoms with Crippen molar-refractivity contribution < 1.29 is 14.3 Å². The summed E-state index contributed by atoms with van der Waals surface area (Å²) in [5, 5.41) is 0.905. The second-order valence-corrected chi connectivity index (χ2v) is 8.96. The van der Waals surface area contributed by atoms with Crippen LogP contribution >= 0.6 is 11.3 Å². The van der Waals surface area contributed by atoms with Crippen LogP contribution in [-0.4, -0.2) is 41.5 Å². The normalized spacial score (nSPS) is 20.2. The number of hydrogen-bond donors (Lipinski definition) is 1. The van der Waals surface area contributed by atoms with Crippen LogP contribution in [0.1, 0.15) is 54.0 Å². The number of pyridine rings is 1. The van der Waals surface area contributed by atoms with Crippen molar-refractivity contribution in [1.29, 1.82) is 0 Å². The fraction of sp³-hybridized carbons (Fsp3) is 0.571. The summed E-state index contributed by atoms with van der Waals surface area (Å²) in [5.41, 5.74) is 9.35. The van der Waals surface area contributed by atoms with E-state index in [4.69, 9.17) is 15.5 Å². The Kier molecular flexibility index (Phi) is 5.27. The number of nitrogens with zero attached hydrogens (tertiary/aromatic N) is 2. The number of hydrogen-bond acceptors (Lipinski definition) is 6. The number of rotatable bonds is 3. The van der Waals surface area contributed by atoms with Crippen molar-refractivity contribution in [3.63, 3.8) is 0 Å². The van der Waals surface area contributed by atoms with E-state index in [0.29, 0.717) is 49.0 Å². The summed E-state index contributed by atoms with van der Waals surface area (Å²) >= 11 is 1.40. The number of anilines is 1. The summed E-state index contributed by atoms with van der Waals surface area (Å²) < 4.78 is 5.11. The van der Waals surface area contributed by atoms with Gasteiger partial charge in [-0.15, -0.1) is 11.3 Å². The van der Waals surface area contributed by atoms with Crippen molar-refractivity contribution in [2.75, 3.05) is 25.4 Å². The minimum absolute atomic E-state index is 0.0471. The lowest BCUT2D eigenvalue weighted by molar-refractivity contribution is -0.149. The number of aryl methyl sites for hydroxylation is 1. The molecule has 2 N–H and O–H groups in total. The van der Waals surface area contributed by atoms with Gasteiger partial charge in [0.2, 0.25) is 0 Å². The van der Waals surface area contributed by atoms with Crippen LogP contribution in [0.25, 0.3) is 10.2 Å². The van der Waals surface area contributed by atoms with E-state index in [0.717, 1.165) is 35.2 Å². The number of ether oxygens (including phenoxy) is 1. The maximum Gasteiger partial charge on any atom is 0.309 e. The van der Waals surface area contributed by atoms with Gasteiger partial charge in [0.15, 0.2) is 0 Å². The molecule has 7 heteroatoms. The zero-order chi connectivity index (χ0) is 19.8. The molecule has 1 saturated heterocycles. The van der Waals surface area contributed by atoms with Gasteiger partial charge in [0.25, 0.3) is 5.91 Å². The highest BCUT2D eigenvalue weighted by Gasteiger charge is 2.31. The topological polar surface area (TPSA) is 85.5 Å². The first-order valence-corrected chi connectivity index (χ1v) is 11.0. The van der Waals surface area contributed by atoms with E-state index in [1.165, 1.54) is 16.9 Å². The Balaban J connectivity index is 1.54. The van der Waals surface area contributed by atoms with Gasteiger partial charge in [0.05, 0.1) is 18.2 Å². The molecule has 0 bridgehead atoms. The number of piperidine rings is 1. The van der Waals surface area contributed by atoms with Crippen molar-refractivity contribution in [3.8, 4) is 0 Å². The Hall–Kier alpha value is -2.15. The number of nitrogens with two attached hydrogens (primary N) is 1. The highest BCUT2D eigenvalue weighted by atomic mass is 32.1. The molecule has 150 valence electrons. The van der Waals surface area contributed by atoms with Gasteiger partial charge in [-0.3, -0.25) is 9.59 Å². The Bertz CT molecular complexity index is 915. The van der Waals surface area contributed by atoms with Gasteiger partial charge >= 0.3 is 5.97 Å². The number of nitrogen functional groups attached to an aromatic ring is 1. The van der Waals surface area contributed by atoms with Crippen LogP contribution in [0.15, 0.2) is 6.07 Å². The third-order valence-corrected chi connectivity index (χ3v) is 7.03. The first kappa shape index (κ1) is 19.2. The molecule has 1 unspecified atom stereocenters. The Morgan fingerprint density at radius 1 is 1.32 bits per heavy atom. The van der Waals surface area contributed by atoms with Crippen LogP contribution < -0.4 is 5.73 Å². The fourth-order valence-electron chi connectivity index (χ4n) is 4.25. The lowest BCUT2D eigenvalue weighted by Gasteiger charge is -2.30. The van der Waals surface area contributed by atoms with Gasteiger partial charge in [-0.05, 0) is 56.6 Å². The molecule has 2 aromatic heterocycles. The smallest absolute Gasteiger partial charge is 0.309 e. The van der Waals surface area contributed by atoms with E-state index in [9.17, 15) is 9.59 Å². The molecule has 0 spiro atoms. The van der Waals surface area contributed by atoms with Crippen LogP contribution in [0.2, 0.25) is 0 Å². The zero-order valence-corrected chi connectivity index (χ0v) is 17.3. The molecular formula is C21H27N3O3S. The van der Waals surface area contributed by atoms with E-state index in [-0.39, 0.29) is 17.8 Å². The molecule has 0 radical (unpaired) electrons. The molecule has 28 heavy (non-hydrogen) atoms. The monoisotopic (exact) mass is 401 g/mol. The summed E-state index contributed by atoms with van der Waals surface area (Å²) in [5.74, 6) is 0.349. The first-order chi connectivity index (χ1) is 13.5. The Labute approximate surface area is 169 Å². The van der Waals surface area contributed by atoms with Crippen LogP contribution in [0.3, 0.4) is 0 Å². The molecule has 1 aliphatic heterocycles. The summed E-state index contributed by atoms with van der Waals surface area (Å²) in [6, 6.07) is 2.14. The molecule has 6 nitrogen and oxygen atoms in total. The second kappa shape index (κ2) is 7.70. The summed E-state index contributed by atoms with van der Waals surface area (Å²) in [6.45, 7) is 5.58. The summed E-state index contributed by atoms with van der Waals surface area (Å²) in [4.78, 5) is 33.1.